The molecular weight excluding hydrogens is 393 g/mol. The van der Waals surface area contributed by atoms with Crippen molar-refractivity contribution in [3.63, 3.8) is 0 Å². The molecule has 154 valence electrons. The second-order valence-corrected chi connectivity index (χ2v) is 7.59. The molecule has 0 spiro atoms. The number of likely N-dealkylation sites (tertiary alicyclic amines) is 1. The SMILES string of the molecule is Cl.O=C(Nc1cccc(C(=O)N2CC[C@@H]3CNC[C@@H]3CC2)c1)c1ccc(F)cc1. The van der Waals surface area contributed by atoms with Crippen molar-refractivity contribution in [2.45, 2.75) is 12.8 Å². The topological polar surface area (TPSA) is 61.4 Å². The second kappa shape index (κ2) is 9.37. The number of rotatable bonds is 3. The summed E-state index contributed by atoms with van der Waals surface area (Å²) in [5, 5.41) is 6.23. The van der Waals surface area contributed by atoms with E-state index in [9.17, 15) is 14.0 Å². The van der Waals surface area contributed by atoms with Gasteiger partial charge in [-0.25, -0.2) is 4.39 Å². The van der Waals surface area contributed by atoms with Crippen molar-refractivity contribution in [3.8, 4) is 0 Å². The van der Waals surface area contributed by atoms with E-state index in [1.54, 1.807) is 24.3 Å². The first-order chi connectivity index (χ1) is 13.6. The molecule has 0 bridgehead atoms. The third kappa shape index (κ3) is 4.95. The van der Waals surface area contributed by atoms with Crippen LogP contribution in [0.15, 0.2) is 48.5 Å². The van der Waals surface area contributed by atoms with Crippen molar-refractivity contribution in [1.82, 2.24) is 10.2 Å². The number of hydrogen-bond donors (Lipinski definition) is 2. The number of hydrogen-bond acceptors (Lipinski definition) is 3. The summed E-state index contributed by atoms with van der Waals surface area (Å²) in [6.07, 6.45) is 2.06. The van der Waals surface area contributed by atoms with Gasteiger partial charge in [0.15, 0.2) is 0 Å². The minimum atomic E-state index is -0.387. The first kappa shape index (κ1) is 21.3. The van der Waals surface area contributed by atoms with E-state index < -0.39 is 0 Å². The Balaban J connectivity index is 0.00000240. The summed E-state index contributed by atoms with van der Waals surface area (Å²) in [7, 11) is 0. The smallest absolute Gasteiger partial charge is 0.255 e. The molecule has 2 aromatic rings. The molecule has 2 fully saturated rings. The maximum atomic E-state index is 13.0. The minimum Gasteiger partial charge on any atom is -0.339 e. The monoisotopic (exact) mass is 417 g/mol. The number of nitrogens with zero attached hydrogens (tertiary/aromatic N) is 1. The molecule has 2 heterocycles. The number of halogens is 2. The summed E-state index contributed by atoms with van der Waals surface area (Å²) in [4.78, 5) is 27.2. The lowest BCUT2D eigenvalue weighted by molar-refractivity contribution is 0.0758. The van der Waals surface area contributed by atoms with E-state index in [0.717, 1.165) is 39.0 Å². The molecule has 2 aliphatic rings. The Kier molecular flexibility index (Phi) is 6.87. The highest BCUT2D eigenvalue weighted by Gasteiger charge is 2.31. The van der Waals surface area contributed by atoms with Crippen LogP contribution in [0, 0.1) is 17.7 Å². The maximum Gasteiger partial charge on any atom is 0.255 e. The highest BCUT2D eigenvalue weighted by Crippen LogP contribution is 2.28. The fourth-order valence-electron chi connectivity index (χ4n) is 4.14. The highest BCUT2D eigenvalue weighted by molar-refractivity contribution is 6.05. The van der Waals surface area contributed by atoms with E-state index in [2.05, 4.69) is 10.6 Å². The molecule has 0 aliphatic carbocycles. The Morgan fingerprint density at radius 2 is 1.62 bits per heavy atom. The Hall–Kier alpha value is -2.44. The minimum absolute atomic E-state index is 0. The molecule has 2 aliphatic heterocycles. The summed E-state index contributed by atoms with van der Waals surface area (Å²) in [5.41, 5.74) is 1.49. The van der Waals surface area contributed by atoms with Crippen LogP contribution in [-0.2, 0) is 0 Å². The van der Waals surface area contributed by atoms with Crippen LogP contribution in [0.25, 0.3) is 0 Å². The molecule has 2 N–H and O–H groups in total. The predicted molar refractivity (Wildman–Crippen MR) is 113 cm³/mol. The van der Waals surface area contributed by atoms with Crippen molar-refractivity contribution in [1.29, 1.82) is 0 Å². The van der Waals surface area contributed by atoms with Gasteiger partial charge < -0.3 is 15.5 Å². The fourth-order valence-corrected chi connectivity index (χ4v) is 4.14. The van der Waals surface area contributed by atoms with Gasteiger partial charge in [0.2, 0.25) is 0 Å². The first-order valence-corrected chi connectivity index (χ1v) is 9.77. The number of carbonyl (C=O) groups excluding carboxylic acids is 2. The fraction of sp³-hybridized carbons (Fsp3) is 0.364. The average Bonchev–Trinajstić information content (AvgIpc) is 3.06. The zero-order valence-corrected chi connectivity index (χ0v) is 16.9. The zero-order valence-electron chi connectivity index (χ0n) is 16.1. The number of benzene rings is 2. The lowest BCUT2D eigenvalue weighted by Gasteiger charge is -2.21. The third-order valence-corrected chi connectivity index (χ3v) is 5.78. The molecule has 5 nitrogen and oxygen atoms in total. The molecule has 2 aromatic carbocycles. The Morgan fingerprint density at radius 3 is 2.28 bits per heavy atom. The Labute approximate surface area is 176 Å². The average molecular weight is 418 g/mol. The standard InChI is InChI=1S/C22H24FN3O2.ClH/c23-19-6-4-15(5-7-19)21(27)25-20-3-1-2-16(12-20)22(28)26-10-8-17-13-24-14-18(17)9-11-26;/h1-7,12,17-18,24H,8-11,13-14H2,(H,25,27);1H/t17-,18+;. The van der Waals surface area contributed by atoms with Gasteiger partial charge in [0.25, 0.3) is 11.8 Å². The highest BCUT2D eigenvalue weighted by atomic mass is 35.5. The molecule has 2 atom stereocenters. The van der Waals surface area contributed by atoms with Gasteiger partial charge in [0, 0.05) is 29.9 Å². The molecule has 4 rings (SSSR count). The molecular formula is C22H25ClFN3O2. The van der Waals surface area contributed by atoms with E-state index >= 15 is 0 Å². The summed E-state index contributed by atoms with van der Waals surface area (Å²) in [6, 6.07) is 12.4. The number of amides is 2. The van der Waals surface area contributed by atoms with Crippen LogP contribution in [-0.4, -0.2) is 42.9 Å². The molecule has 0 saturated carbocycles. The van der Waals surface area contributed by atoms with Crippen molar-refractivity contribution >= 4 is 29.9 Å². The van der Waals surface area contributed by atoms with Crippen LogP contribution in [0.5, 0.6) is 0 Å². The molecule has 2 saturated heterocycles. The van der Waals surface area contributed by atoms with Gasteiger partial charge >= 0.3 is 0 Å². The van der Waals surface area contributed by atoms with Gasteiger partial charge in [-0.3, -0.25) is 9.59 Å². The van der Waals surface area contributed by atoms with Crippen molar-refractivity contribution in [3.05, 3.63) is 65.5 Å². The molecule has 29 heavy (non-hydrogen) atoms. The van der Waals surface area contributed by atoms with Crippen LogP contribution < -0.4 is 10.6 Å². The number of nitrogens with one attached hydrogen (secondary N) is 2. The molecule has 0 aromatic heterocycles. The van der Waals surface area contributed by atoms with Gasteiger partial charge in [-0.05, 0) is 80.2 Å². The number of carbonyl (C=O) groups is 2. The van der Waals surface area contributed by atoms with E-state index in [-0.39, 0.29) is 30.0 Å². The molecule has 0 radical (unpaired) electrons. The van der Waals surface area contributed by atoms with Crippen molar-refractivity contribution < 1.29 is 14.0 Å². The number of fused-ring (bicyclic) bond motifs is 1. The lowest BCUT2D eigenvalue weighted by Crippen LogP contribution is -2.32. The molecule has 7 heteroatoms. The van der Waals surface area contributed by atoms with Gasteiger partial charge in [-0.15, -0.1) is 12.4 Å². The quantitative estimate of drug-likeness (QED) is 0.802. The largest absolute Gasteiger partial charge is 0.339 e. The maximum absolute atomic E-state index is 13.0. The van der Waals surface area contributed by atoms with E-state index in [1.807, 2.05) is 4.90 Å². The summed E-state index contributed by atoms with van der Waals surface area (Å²) < 4.78 is 13.0. The van der Waals surface area contributed by atoms with Crippen molar-refractivity contribution in [2.75, 3.05) is 31.5 Å². The van der Waals surface area contributed by atoms with Gasteiger partial charge in [0.05, 0.1) is 0 Å². The third-order valence-electron chi connectivity index (χ3n) is 5.78. The van der Waals surface area contributed by atoms with E-state index in [1.165, 1.54) is 24.3 Å². The molecule has 2 amide bonds. The van der Waals surface area contributed by atoms with Crippen LogP contribution >= 0.6 is 12.4 Å². The predicted octanol–water partition coefficient (Wildman–Crippen LogP) is 3.57. The first-order valence-electron chi connectivity index (χ1n) is 9.77. The van der Waals surface area contributed by atoms with Crippen LogP contribution in [0.1, 0.15) is 33.6 Å². The van der Waals surface area contributed by atoms with Gasteiger partial charge in [-0.1, -0.05) is 6.07 Å². The second-order valence-electron chi connectivity index (χ2n) is 7.59. The van der Waals surface area contributed by atoms with Crippen LogP contribution in [0.3, 0.4) is 0 Å². The lowest BCUT2D eigenvalue weighted by atomic mass is 9.92. The Morgan fingerprint density at radius 1 is 0.966 bits per heavy atom. The summed E-state index contributed by atoms with van der Waals surface area (Å²) in [6.45, 7) is 3.65. The molecule has 0 unspecified atom stereocenters. The zero-order chi connectivity index (χ0) is 19.5. The van der Waals surface area contributed by atoms with E-state index in [4.69, 9.17) is 0 Å². The van der Waals surface area contributed by atoms with Gasteiger partial charge in [0.1, 0.15) is 5.82 Å². The van der Waals surface area contributed by atoms with Crippen molar-refractivity contribution in [2.24, 2.45) is 11.8 Å². The van der Waals surface area contributed by atoms with Crippen LogP contribution in [0.4, 0.5) is 10.1 Å². The normalized spacial score (nSPS) is 20.9. The summed E-state index contributed by atoms with van der Waals surface area (Å²) in [5.74, 6) is 0.616. The Bertz CT molecular complexity index is 861. The number of anilines is 1. The van der Waals surface area contributed by atoms with Gasteiger partial charge in [-0.2, -0.15) is 0 Å². The van der Waals surface area contributed by atoms with E-state index in [0.29, 0.717) is 28.7 Å². The summed E-state index contributed by atoms with van der Waals surface area (Å²) >= 11 is 0. The van der Waals surface area contributed by atoms with Crippen LogP contribution in [0.2, 0.25) is 0 Å².